The van der Waals surface area contributed by atoms with Crippen molar-refractivity contribution in [1.29, 1.82) is 0 Å². The second-order valence-electron chi connectivity index (χ2n) is 2.66. The molecule has 6 heteroatoms. The van der Waals surface area contributed by atoms with Gasteiger partial charge in [-0.2, -0.15) is 0 Å². The molecule has 0 aromatic carbocycles. The lowest BCUT2D eigenvalue weighted by Gasteiger charge is -2.14. The minimum absolute atomic E-state index is 0.446. The number of nitrogens with zero attached hydrogens (tertiary/aromatic N) is 1. The Morgan fingerprint density at radius 1 is 1.38 bits per heavy atom. The maximum atomic E-state index is 10.7. The third-order valence-corrected chi connectivity index (χ3v) is 1.61. The number of rotatable bonds is 6. The summed E-state index contributed by atoms with van der Waals surface area (Å²) in [4.78, 5) is 20.7. The third kappa shape index (κ3) is 6.06. The molecule has 2 amide bonds. The summed E-state index contributed by atoms with van der Waals surface area (Å²) >= 11 is 0. The summed E-state index contributed by atoms with van der Waals surface area (Å²) in [6, 6.07) is -0.504. The van der Waals surface area contributed by atoms with E-state index in [1.165, 1.54) is 0 Å². The second-order valence-corrected chi connectivity index (χ2v) is 2.66. The van der Waals surface area contributed by atoms with Crippen molar-refractivity contribution in [3.63, 3.8) is 0 Å². The number of urea groups is 1. The number of unbranched alkanes of at least 4 members (excludes halogenated alkanes) is 3. The molecule has 0 fully saturated rings. The summed E-state index contributed by atoms with van der Waals surface area (Å²) in [6.45, 7) is 0.446. The van der Waals surface area contributed by atoms with Crippen LogP contribution in [0.25, 0.3) is 0 Å². The van der Waals surface area contributed by atoms with Gasteiger partial charge < -0.3 is 4.79 Å². The summed E-state index contributed by atoms with van der Waals surface area (Å²) in [6.07, 6.45) is 3.93. The van der Waals surface area contributed by atoms with Crippen molar-refractivity contribution < 1.29 is 9.59 Å². The SMILES string of the molecule is NNC(=O)N(N)CCCCCC=O. The summed E-state index contributed by atoms with van der Waals surface area (Å²) in [5.41, 5.74) is 1.92. The van der Waals surface area contributed by atoms with Crippen LogP contribution in [-0.4, -0.2) is 23.9 Å². The van der Waals surface area contributed by atoms with Crippen LogP contribution in [0.4, 0.5) is 4.79 Å². The summed E-state index contributed by atoms with van der Waals surface area (Å²) in [7, 11) is 0. The first-order valence-corrected chi connectivity index (χ1v) is 4.18. The first kappa shape index (κ1) is 11.9. The van der Waals surface area contributed by atoms with Crippen molar-refractivity contribution in [3.05, 3.63) is 0 Å². The quantitative estimate of drug-likeness (QED) is 0.172. The Morgan fingerprint density at radius 2 is 2.08 bits per heavy atom. The Labute approximate surface area is 77.2 Å². The predicted molar refractivity (Wildman–Crippen MR) is 48.1 cm³/mol. The van der Waals surface area contributed by atoms with E-state index < -0.39 is 6.03 Å². The zero-order valence-electron chi connectivity index (χ0n) is 7.53. The van der Waals surface area contributed by atoms with Gasteiger partial charge in [0.25, 0.3) is 0 Å². The Bertz CT molecular complexity index is 163. The van der Waals surface area contributed by atoms with E-state index in [0.29, 0.717) is 13.0 Å². The molecule has 0 rings (SSSR count). The lowest BCUT2D eigenvalue weighted by atomic mass is 10.2. The molecular formula is C7H16N4O2. The first-order valence-electron chi connectivity index (χ1n) is 4.18. The number of nitrogens with one attached hydrogen (secondary N) is 1. The smallest absolute Gasteiger partial charge is 0.303 e. The number of nitrogens with two attached hydrogens (primary N) is 2. The molecule has 5 N–H and O–H groups in total. The van der Waals surface area contributed by atoms with E-state index in [9.17, 15) is 9.59 Å². The highest BCUT2D eigenvalue weighted by Crippen LogP contribution is 1.98. The molecule has 0 aliphatic rings. The average Bonchev–Trinajstić information content (AvgIpc) is 2.16. The highest BCUT2D eigenvalue weighted by atomic mass is 16.2. The van der Waals surface area contributed by atoms with Gasteiger partial charge in [-0.25, -0.2) is 16.5 Å². The molecule has 0 aliphatic heterocycles. The van der Waals surface area contributed by atoms with Gasteiger partial charge in [-0.05, 0) is 12.8 Å². The van der Waals surface area contributed by atoms with Gasteiger partial charge in [0.1, 0.15) is 6.29 Å². The zero-order chi connectivity index (χ0) is 10.1. The van der Waals surface area contributed by atoms with Gasteiger partial charge in [0, 0.05) is 13.0 Å². The molecule has 76 valence electrons. The van der Waals surface area contributed by atoms with Gasteiger partial charge in [0.2, 0.25) is 0 Å². The van der Waals surface area contributed by atoms with Gasteiger partial charge in [0.05, 0.1) is 0 Å². The fourth-order valence-corrected chi connectivity index (χ4v) is 0.871. The maximum Gasteiger partial charge on any atom is 0.345 e. The average molecular weight is 188 g/mol. The normalized spacial score (nSPS) is 9.38. The van der Waals surface area contributed by atoms with Crippen molar-refractivity contribution in [2.75, 3.05) is 6.54 Å². The zero-order valence-corrected chi connectivity index (χ0v) is 7.53. The number of hydrazine groups is 2. The van der Waals surface area contributed by atoms with Gasteiger partial charge >= 0.3 is 6.03 Å². The highest BCUT2D eigenvalue weighted by molar-refractivity contribution is 5.72. The van der Waals surface area contributed by atoms with Crippen molar-refractivity contribution in [2.45, 2.75) is 25.7 Å². The van der Waals surface area contributed by atoms with E-state index >= 15 is 0 Å². The number of aldehydes is 1. The fourth-order valence-electron chi connectivity index (χ4n) is 0.871. The van der Waals surface area contributed by atoms with Gasteiger partial charge in [-0.3, -0.25) is 10.4 Å². The maximum absolute atomic E-state index is 10.7. The molecule has 0 unspecified atom stereocenters. The van der Waals surface area contributed by atoms with E-state index in [4.69, 9.17) is 11.7 Å². The largest absolute Gasteiger partial charge is 0.345 e. The van der Waals surface area contributed by atoms with Crippen LogP contribution in [0.1, 0.15) is 25.7 Å². The summed E-state index contributed by atoms with van der Waals surface area (Å²) in [5, 5.41) is 1.01. The lowest BCUT2D eigenvalue weighted by molar-refractivity contribution is -0.107. The first-order chi connectivity index (χ1) is 6.22. The van der Waals surface area contributed by atoms with Crippen LogP contribution in [-0.2, 0) is 4.79 Å². The van der Waals surface area contributed by atoms with Crippen LogP contribution < -0.4 is 17.1 Å². The summed E-state index contributed by atoms with van der Waals surface area (Å²) < 4.78 is 0. The van der Waals surface area contributed by atoms with Crippen LogP contribution in [0.5, 0.6) is 0 Å². The molecule has 0 aliphatic carbocycles. The van der Waals surface area contributed by atoms with Crippen LogP contribution in [0.2, 0.25) is 0 Å². The van der Waals surface area contributed by atoms with E-state index in [0.717, 1.165) is 30.6 Å². The molecule has 13 heavy (non-hydrogen) atoms. The van der Waals surface area contributed by atoms with E-state index in [2.05, 4.69) is 0 Å². The summed E-state index contributed by atoms with van der Waals surface area (Å²) in [5.74, 6) is 10.2. The van der Waals surface area contributed by atoms with E-state index in [1.807, 2.05) is 5.43 Å². The molecule has 0 aromatic rings. The number of hydrogen-bond acceptors (Lipinski definition) is 4. The molecule has 0 saturated carbocycles. The van der Waals surface area contributed by atoms with Gasteiger partial charge in [-0.1, -0.05) is 6.42 Å². The molecule has 0 heterocycles. The fraction of sp³-hybridized carbons (Fsp3) is 0.714. The molecule has 0 spiro atoms. The van der Waals surface area contributed by atoms with Crippen molar-refractivity contribution in [3.8, 4) is 0 Å². The van der Waals surface area contributed by atoms with Gasteiger partial charge in [-0.15, -0.1) is 0 Å². The Balaban J connectivity index is 3.31. The predicted octanol–water partition coefficient (Wildman–Crippen LogP) is -0.495. The minimum Gasteiger partial charge on any atom is -0.303 e. The Hall–Kier alpha value is -1.14. The van der Waals surface area contributed by atoms with Crippen LogP contribution in [0.3, 0.4) is 0 Å². The molecule has 0 atom stereocenters. The molecule has 6 nitrogen and oxygen atoms in total. The number of hydrogen-bond donors (Lipinski definition) is 3. The van der Waals surface area contributed by atoms with Crippen LogP contribution >= 0.6 is 0 Å². The molecular weight excluding hydrogens is 172 g/mol. The van der Waals surface area contributed by atoms with E-state index in [-0.39, 0.29) is 0 Å². The second kappa shape index (κ2) is 7.51. The number of carbonyl (C=O) groups is 2. The Morgan fingerprint density at radius 3 is 2.62 bits per heavy atom. The third-order valence-electron chi connectivity index (χ3n) is 1.61. The monoisotopic (exact) mass is 188 g/mol. The molecule has 0 aromatic heterocycles. The van der Waals surface area contributed by atoms with Crippen molar-refractivity contribution in [1.82, 2.24) is 10.4 Å². The number of carbonyl (C=O) groups excluding carboxylic acids is 2. The topological polar surface area (TPSA) is 101 Å². The van der Waals surface area contributed by atoms with Crippen molar-refractivity contribution in [2.24, 2.45) is 11.7 Å². The molecule has 0 radical (unpaired) electrons. The van der Waals surface area contributed by atoms with Crippen LogP contribution in [0.15, 0.2) is 0 Å². The Kier molecular flexibility index (Phi) is 6.85. The minimum atomic E-state index is -0.504. The van der Waals surface area contributed by atoms with Gasteiger partial charge in [0.15, 0.2) is 0 Å². The van der Waals surface area contributed by atoms with E-state index in [1.54, 1.807) is 0 Å². The van der Waals surface area contributed by atoms with Crippen LogP contribution in [0, 0.1) is 0 Å². The number of amides is 2. The highest BCUT2D eigenvalue weighted by Gasteiger charge is 2.04. The standard InChI is InChI=1S/C7H16N4O2/c8-10-7(13)11(9)5-3-1-2-4-6-12/h6H,1-5,8-9H2,(H,10,13). The molecule has 0 bridgehead atoms. The lowest BCUT2D eigenvalue weighted by Crippen LogP contribution is -2.47. The van der Waals surface area contributed by atoms with Crippen molar-refractivity contribution >= 4 is 12.3 Å². The molecule has 0 saturated heterocycles.